The standard InChI is InChI=1S/C53H36N4SSi/c1-59(2)48-27-14-11-22-39(48)43-31-46-42(32-49(43)59)37-20-9-12-25-44(37)57(46)45-30-35(28-29-36(45)33-16-5-3-6-17-33)52-54-51(34-18-7-4-8-19-34)55-53(56-52)41-24-15-23-40-38-21-10-13-26-47(38)58-50(40)41/h3-32H,1-2H3. The SMILES string of the molecule is C[Si]1(C)c2ccccc2-c2cc3c(cc21)c1ccccc1n3-c1cc(-c2nc(-c3ccccc3)nc(-c3cccc4c3sc3ccccc34)n2)ccc1-c1ccccc1. The molecular formula is C53H36N4SSi. The zero-order valence-electron chi connectivity index (χ0n) is 32.5. The molecule has 0 saturated carbocycles. The summed E-state index contributed by atoms with van der Waals surface area (Å²) in [5, 5.41) is 8.01. The number of nitrogens with zero attached hydrogens (tertiary/aromatic N) is 4. The summed E-state index contributed by atoms with van der Waals surface area (Å²) in [6, 6.07) is 65.7. The molecule has 6 heteroatoms. The molecule has 0 unspecified atom stereocenters. The first-order valence-corrected chi connectivity index (χ1v) is 23.9. The fourth-order valence-corrected chi connectivity index (χ4v) is 13.7. The van der Waals surface area contributed by atoms with Crippen LogP contribution in [0.1, 0.15) is 0 Å². The van der Waals surface area contributed by atoms with Crippen molar-refractivity contribution < 1.29 is 0 Å². The van der Waals surface area contributed by atoms with Crippen molar-refractivity contribution in [1.29, 1.82) is 0 Å². The summed E-state index contributed by atoms with van der Waals surface area (Å²) in [5.41, 5.74) is 11.3. The van der Waals surface area contributed by atoms with Gasteiger partial charge in [-0.15, -0.1) is 11.3 Å². The smallest absolute Gasteiger partial charge is 0.165 e. The second-order valence-corrected chi connectivity index (χ2v) is 21.4. The lowest BCUT2D eigenvalue weighted by molar-refractivity contribution is 1.07. The predicted octanol–water partition coefficient (Wildman–Crippen LogP) is 12.8. The molecule has 4 nitrogen and oxygen atoms in total. The highest BCUT2D eigenvalue weighted by molar-refractivity contribution is 7.26. The molecule has 0 amide bonds. The van der Waals surface area contributed by atoms with Gasteiger partial charge in [-0.05, 0) is 57.4 Å². The van der Waals surface area contributed by atoms with Crippen LogP contribution in [0.15, 0.2) is 182 Å². The highest BCUT2D eigenvalue weighted by atomic mass is 32.1. The lowest BCUT2D eigenvalue weighted by atomic mass is 10.00. The minimum atomic E-state index is -1.90. The quantitative estimate of drug-likeness (QED) is 0.163. The first kappa shape index (κ1) is 34.1. The molecule has 3 aromatic heterocycles. The maximum Gasteiger partial charge on any atom is 0.165 e. The Kier molecular flexibility index (Phi) is 7.52. The van der Waals surface area contributed by atoms with Crippen molar-refractivity contribution >= 4 is 71.8 Å². The molecule has 0 spiro atoms. The number of benzene rings is 8. The Morgan fingerprint density at radius 2 is 1.05 bits per heavy atom. The molecule has 11 aromatic rings. The normalized spacial score (nSPS) is 13.1. The number of aromatic nitrogens is 4. The number of thiophene rings is 1. The third kappa shape index (κ3) is 5.23. The molecule has 4 heterocycles. The molecular weight excluding hydrogens is 753 g/mol. The van der Waals surface area contributed by atoms with Crippen LogP contribution in [-0.4, -0.2) is 27.6 Å². The van der Waals surface area contributed by atoms with Gasteiger partial charge in [-0.1, -0.05) is 165 Å². The molecule has 59 heavy (non-hydrogen) atoms. The topological polar surface area (TPSA) is 43.6 Å². The van der Waals surface area contributed by atoms with E-state index in [0.29, 0.717) is 17.5 Å². The van der Waals surface area contributed by atoms with Crippen LogP contribution in [0.25, 0.3) is 104 Å². The maximum absolute atomic E-state index is 5.34. The summed E-state index contributed by atoms with van der Waals surface area (Å²) < 4.78 is 4.90. The van der Waals surface area contributed by atoms with Gasteiger partial charge in [-0.25, -0.2) is 15.0 Å². The van der Waals surface area contributed by atoms with Gasteiger partial charge in [0.05, 0.1) is 16.7 Å². The van der Waals surface area contributed by atoms with E-state index in [1.165, 1.54) is 63.5 Å². The summed E-state index contributed by atoms with van der Waals surface area (Å²) in [4.78, 5) is 15.8. The molecule has 8 aromatic carbocycles. The Morgan fingerprint density at radius 1 is 0.407 bits per heavy atom. The molecule has 0 saturated heterocycles. The summed E-state index contributed by atoms with van der Waals surface area (Å²) in [5.74, 6) is 1.95. The van der Waals surface area contributed by atoms with Crippen LogP contribution in [0.2, 0.25) is 13.1 Å². The van der Waals surface area contributed by atoms with E-state index in [9.17, 15) is 0 Å². The van der Waals surface area contributed by atoms with Crippen LogP contribution in [0, 0.1) is 0 Å². The van der Waals surface area contributed by atoms with Crippen LogP contribution in [0.3, 0.4) is 0 Å². The van der Waals surface area contributed by atoms with Gasteiger partial charge in [0.15, 0.2) is 17.5 Å². The molecule has 0 fully saturated rings. The number of fused-ring (bicyclic) bond motifs is 9. The van der Waals surface area contributed by atoms with E-state index >= 15 is 0 Å². The Labute approximate surface area is 346 Å². The van der Waals surface area contributed by atoms with Gasteiger partial charge in [-0.2, -0.15) is 0 Å². The van der Waals surface area contributed by atoms with E-state index < -0.39 is 8.07 Å². The summed E-state index contributed by atoms with van der Waals surface area (Å²) in [7, 11) is -1.90. The Hall–Kier alpha value is -6.99. The summed E-state index contributed by atoms with van der Waals surface area (Å²) >= 11 is 1.79. The van der Waals surface area contributed by atoms with Crippen molar-refractivity contribution in [2.24, 2.45) is 0 Å². The van der Waals surface area contributed by atoms with Crippen LogP contribution >= 0.6 is 11.3 Å². The van der Waals surface area contributed by atoms with Crippen molar-refractivity contribution in [3.63, 3.8) is 0 Å². The summed E-state index contributed by atoms with van der Waals surface area (Å²) in [6.07, 6.45) is 0. The number of para-hydroxylation sites is 1. The van der Waals surface area contributed by atoms with E-state index in [2.05, 4.69) is 181 Å². The molecule has 0 aliphatic carbocycles. The molecule has 12 rings (SSSR count). The second-order valence-electron chi connectivity index (χ2n) is 16.0. The van der Waals surface area contributed by atoms with E-state index in [4.69, 9.17) is 15.0 Å². The Balaban J connectivity index is 1.14. The first-order chi connectivity index (χ1) is 29.0. The van der Waals surface area contributed by atoms with Crippen molar-refractivity contribution in [3.8, 4) is 62.1 Å². The molecule has 0 N–H and O–H groups in total. The fourth-order valence-electron chi connectivity index (χ4n) is 9.41. The van der Waals surface area contributed by atoms with Crippen molar-refractivity contribution in [1.82, 2.24) is 19.5 Å². The molecule has 0 atom stereocenters. The highest BCUT2D eigenvalue weighted by Crippen LogP contribution is 2.42. The van der Waals surface area contributed by atoms with E-state index in [-0.39, 0.29) is 0 Å². The van der Waals surface area contributed by atoms with Gasteiger partial charge in [0.1, 0.15) is 8.07 Å². The van der Waals surface area contributed by atoms with Gasteiger partial charge in [-0.3, -0.25) is 0 Å². The zero-order chi connectivity index (χ0) is 39.2. The Morgan fingerprint density at radius 3 is 1.88 bits per heavy atom. The molecule has 0 bridgehead atoms. The van der Waals surface area contributed by atoms with Gasteiger partial charge < -0.3 is 4.57 Å². The fraction of sp³-hybridized carbons (Fsp3) is 0.0377. The average molecular weight is 789 g/mol. The highest BCUT2D eigenvalue weighted by Gasteiger charge is 2.38. The first-order valence-electron chi connectivity index (χ1n) is 20.1. The monoisotopic (exact) mass is 788 g/mol. The van der Waals surface area contributed by atoms with E-state index in [0.717, 1.165) is 33.5 Å². The third-order valence-electron chi connectivity index (χ3n) is 12.3. The number of hydrogen-bond acceptors (Lipinski definition) is 4. The van der Waals surface area contributed by atoms with Crippen molar-refractivity contribution in [2.45, 2.75) is 13.1 Å². The molecule has 1 aliphatic heterocycles. The second kappa shape index (κ2) is 13.0. The molecule has 1 aliphatic rings. The lowest BCUT2D eigenvalue weighted by Crippen LogP contribution is -2.49. The lowest BCUT2D eigenvalue weighted by Gasteiger charge is -2.19. The Bertz CT molecular complexity index is 3480. The molecule has 0 radical (unpaired) electrons. The third-order valence-corrected chi connectivity index (χ3v) is 17.0. The molecule has 278 valence electrons. The van der Waals surface area contributed by atoms with Gasteiger partial charge in [0, 0.05) is 53.2 Å². The van der Waals surface area contributed by atoms with Crippen LogP contribution in [0.5, 0.6) is 0 Å². The number of hydrogen-bond donors (Lipinski definition) is 0. The maximum atomic E-state index is 5.34. The van der Waals surface area contributed by atoms with Crippen molar-refractivity contribution in [3.05, 3.63) is 182 Å². The summed E-state index contributed by atoms with van der Waals surface area (Å²) in [6.45, 7) is 4.99. The van der Waals surface area contributed by atoms with E-state index in [1.54, 1.807) is 11.3 Å². The average Bonchev–Trinajstić information content (AvgIpc) is 3.91. The van der Waals surface area contributed by atoms with Gasteiger partial charge in [0.25, 0.3) is 0 Å². The number of rotatable bonds is 5. The minimum absolute atomic E-state index is 0.635. The van der Waals surface area contributed by atoms with E-state index in [1.807, 2.05) is 18.2 Å². The van der Waals surface area contributed by atoms with Gasteiger partial charge >= 0.3 is 0 Å². The zero-order valence-corrected chi connectivity index (χ0v) is 34.3. The van der Waals surface area contributed by atoms with Crippen molar-refractivity contribution in [2.75, 3.05) is 0 Å². The largest absolute Gasteiger partial charge is 0.309 e. The predicted molar refractivity (Wildman–Crippen MR) is 251 cm³/mol. The van der Waals surface area contributed by atoms with Crippen LogP contribution in [-0.2, 0) is 0 Å². The van der Waals surface area contributed by atoms with Gasteiger partial charge in [0.2, 0.25) is 0 Å². The van der Waals surface area contributed by atoms with Crippen LogP contribution in [0.4, 0.5) is 0 Å². The van der Waals surface area contributed by atoms with Crippen LogP contribution < -0.4 is 10.4 Å². The minimum Gasteiger partial charge on any atom is -0.309 e.